The number of carbonyl (C=O) groups excluding carboxylic acids is 1. The third kappa shape index (κ3) is 6.55. The van der Waals surface area contributed by atoms with Gasteiger partial charge in [0.25, 0.3) is 10.0 Å². The third-order valence-electron chi connectivity index (χ3n) is 9.03. The maximum atomic E-state index is 14.9. The second kappa shape index (κ2) is 11.3. The predicted octanol–water partition coefficient (Wildman–Crippen LogP) is 5.37. The Morgan fingerprint density at radius 1 is 1.23 bits per heavy atom. The number of hydrogen-bond donors (Lipinski definition) is 1. The van der Waals surface area contributed by atoms with Crippen molar-refractivity contribution in [1.29, 1.82) is 0 Å². The van der Waals surface area contributed by atoms with E-state index in [9.17, 15) is 17.6 Å². The number of hydrogen-bond acceptors (Lipinski definition) is 5. The van der Waals surface area contributed by atoms with E-state index < -0.39 is 15.4 Å². The normalized spacial score (nSPS) is 25.0. The lowest BCUT2D eigenvalue weighted by molar-refractivity contribution is 0.0359. The molecule has 0 spiro atoms. The maximum Gasteiger partial charge on any atom is 0.323 e. The topological polar surface area (TPSA) is 87.5 Å². The van der Waals surface area contributed by atoms with Crippen LogP contribution >= 0.6 is 9.24 Å². The van der Waals surface area contributed by atoms with E-state index in [1.165, 1.54) is 29.0 Å². The summed E-state index contributed by atoms with van der Waals surface area (Å²) in [6.07, 6.45) is 7.50. The fourth-order valence-electron chi connectivity index (χ4n) is 6.01. The van der Waals surface area contributed by atoms with E-state index in [1.54, 1.807) is 0 Å². The molecule has 1 heterocycles. The van der Waals surface area contributed by atoms with Gasteiger partial charge < -0.3 is 5.32 Å². The number of halogens is 1. The number of alkyl halides is 1. The van der Waals surface area contributed by atoms with Gasteiger partial charge in [-0.15, -0.1) is 4.09 Å². The smallest absolute Gasteiger partial charge is 0.323 e. The molecule has 2 saturated carbocycles. The van der Waals surface area contributed by atoms with Gasteiger partial charge in [-0.1, -0.05) is 46.0 Å². The molecular formula is C29H45FN5O3PS. The second-order valence-electron chi connectivity index (χ2n) is 12.4. The SMILES string of the molecule is CC[C@]1(CN(C(=O)NCC2CC2)c2cc(C(C)(F)P)nn2S(C)(=O)=O)CC[C@](c2cccc(C)c2)(N(C)C)CC1. The number of urea groups is 1. The summed E-state index contributed by atoms with van der Waals surface area (Å²) in [5.74, 6) is 0.528. The van der Waals surface area contributed by atoms with Crippen molar-refractivity contribution in [2.45, 2.75) is 76.7 Å². The Kier molecular flexibility index (Phi) is 8.76. The largest absolute Gasteiger partial charge is 0.337 e. The molecule has 40 heavy (non-hydrogen) atoms. The zero-order valence-electron chi connectivity index (χ0n) is 24.7. The quantitative estimate of drug-likeness (QED) is 0.375. The number of amides is 2. The second-order valence-corrected chi connectivity index (χ2v) is 15.3. The van der Waals surface area contributed by atoms with Gasteiger partial charge in [-0.25, -0.2) is 17.6 Å². The number of aromatic nitrogens is 2. The zero-order valence-corrected chi connectivity index (χ0v) is 26.7. The van der Waals surface area contributed by atoms with Gasteiger partial charge in [-0.05, 0) is 89.8 Å². The first-order chi connectivity index (χ1) is 18.6. The van der Waals surface area contributed by atoms with Crippen LogP contribution in [0.25, 0.3) is 0 Å². The highest BCUT2D eigenvalue weighted by molar-refractivity contribution is 7.89. The summed E-state index contributed by atoms with van der Waals surface area (Å²) in [6.45, 7) is 6.40. The van der Waals surface area contributed by atoms with Gasteiger partial charge in [-0.2, -0.15) is 5.10 Å². The average Bonchev–Trinajstić information content (AvgIpc) is 3.59. The average molecular weight is 594 g/mol. The Balaban J connectivity index is 1.70. The Bertz CT molecular complexity index is 1330. The number of carbonyl (C=O) groups is 1. The highest BCUT2D eigenvalue weighted by atomic mass is 32.2. The number of aryl methyl sites for hydroxylation is 1. The van der Waals surface area contributed by atoms with E-state index in [-0.39, 0.29) is 28.5 Å². The molecule has 2 atom stereocenters. The predicted molar refractivity (Wildman–Crippen MR) is 162 cm³/mol. The summed E-state index contributed by atoms with van der Waals surface area (Å²) < 4.78 is 41.3. The van der Waals surface area contributed by atoms with Crippen LogP contribution in [0.15, 0.2) is 30.3 Å². The molecule has 0 bridgehead atoms. The highest BCUT2D eigenvalue weighted by Gasteiger charge is 2.46. The third-order valence-corrected chi connectivity index (χ3v) is 10.2. The molecule has 8 nitrogen and oxygen atoms in total. The summed E-state index contributed by atoms with van der Waals surface area (Å²) in [4.78, 5) is 17.5. The summed E-state index contributed by atoms with van der Waals surface area (Å²) in [5, 5.41) is 5.16. The number of nitrogens with zero attached hydrogens (tertiary/aromatic N) is 4. The minimum Gasteiger partial charge on any atom is -0.337 e. The molecule has 2 fully saturated rings. The minimum atomic E-state index is -3.91. The molecular weight excluding hydrogens is 548 g/mol. The molecule has 4 rings (SSSR count). The molecule has 1 N–H and O–H groups in total. The molecule has 1 aromatic carbocycles. The fourth-order valence-corrected chi connectivity index (χ4v) is 6.88. The summed E-state index contributed by atoms with van der Waals surface area (Å²) in [7, 11) is 2.41. The van der Waals surface area contributed by atoms with E-state index in [2.05, 4.69) is 76.8 Å². The lowest BCUT2D eigenvalue weighted by atomic mass is 9.63. The van der Waals surface area contributed by atoms with Gasteiger partial charge >= 0.3 is 6.03 Å². The van der Waals surface area contributed by atoms with Crippen LogP contribution in [0.3, 0.4) is 0 Å². The fraction of sp³-hybridized carbons (Fsp3) is 0.655. The van der Waals surface area contributed by atoms with Gasteiger partial charge in [0.05, 0.1) is 6.26 Å². The zero-order chi connectivity index (χ0) is 29.5. The summed E-state index contributed by atoms with van der Waals surface area (Å²) >= 11 is 0. The number of nitrogens with one attached hydrogen (secondary N) is 1. The minimum absolute atomic E-state index is 0.0572. The van der Waals surface area contributed by atoms with E-state index in [0.717, 1.165) is 55.3 Å². The van der Waals surface area contributed by atoms with Crippen LogP contribution < -0.4 is 10.2 Å². The lowest BCUT2D eigenvalue weighted by Crippen LogP contribution is -2.52. The number of rotatable bonds is 10. The van der Waals surface area contributed by atoms with Crippen LogP contribution in [0.1, 0.15) is 75.6 Å². The Labute approximate surface area is 241 Å². The molecule has 2 unspecified atom stereocenters. The van der Waals surface area contributed by atoms with Gasteiger partial charge in [0.1, 0.15) is 5.69 Å². The van der Waals surface area contributed by atoms with Crippen LogP contribution in [0.5, 0.6) is 0 Å². The highest BCUT2D eigenvalue weighted by Crippen LogP contribution is 2.50. The van der Waals surface area contributed by atoms with Gasteiger partial charge in [-0.3, -0.25) is 9.80 Å². The van der Waals surface area contributed by atoms with Crippen molar-refractivity contribution in [1.82, 2.24) is 19.4 Å². The van der Waals surface area contributed by atoms with E-state index in [0.29, 0.717) is 19.0 Å². The first-order valence-corrected chi connectivity index (χ1v) is 16.6. The monoisotopic (exact) mass is 593 g/mol. The van der Waals surface area contributed by atoms with Gasteiger partial charge in [0, 0.05) is 24.7 Å². The summed E-state index contributed by atoms with van der Waals surface area (Å²) in [6, 6.07) is 9.71. The standard InChI is InChI=1S/C29H45FN5O3PS/c1-7-28(13-15-29(16-14-28,33(4)5)23-10-8-9-21(2)17-23)20-34(26(36)31-19-22-11-12-22)25-18-24(27(3,30)39)32-35(25)40(6,37)38/h8-10,17-18,22H,7,11-16,19-20,39H2,1-6H3,(H,31,36)/t27?,28-,29-. The lowest BCUT2D eigenvalue weighted by Gasteiger charge is -2.51. The van der Waals surface area contributed by atoms with Crippen LogP contribution in [0.2, 0.25) is 0 Å². The first-order valence-electron chi connectivity index (χ1n) is 14.2. The molecule has 2 aromatic rings. The van der Waals surface area contributed by atoms with E-state index >= 15 is 0 Å². The maximum absolute atomic E-state index is 14.9. The molecule has 0 saturated heterocycles. The van der Waals surface area contributed by atoms with Crippen LogP contribution in [-0.4, -0.2) is 62.0 Å². The van der Waals surface area contributed by atoms with Crippen LogP contribution in [0, 0.1) is 18.3 Å². The molecule has 11 heteroatoms. The van der Waals surface area contributed by atoms with Crippen molar-refractivity contribution in [3.63, 3.8) is 0 Å². The van der Waals surface area contributed by atoms with Crippen LogP contribution in [0.4, 0.5) is 15.0 Å². The van der Waals surface area contributed by atoms with Crippen LogP contribution in [-0.2, 0) is 21.0 Å². The Morgan fingerprint density at radius 3 is 2.38 bits per heavy atom. The first kappa shape index (κ1) is 30.9. The molecule has 222 valence electrons. The van der Waals surface area contributed by atoms with Gasteiger partial charge in [0.2, 0.25) is 0 Å². The van der Waals surface area contributed by atoms with Crippen molar-refractivity contribution in [2.24, 2.45) is 11.3 Å². The molecule has 2 amide bonds. The number of benzene rings is 1. The van der Waals surface area contributed by atoms with Crippen molar-refractivity contribution in [2.75, 3.05) is 38.3 Å². The van der Waals surface area contributed by atoms with E-state index in [1.807, 2.05) is 0 Å². The van der Waals surface area contributed by atoms with Crippen molar-refractivity contribution < 1.29 is 17.6 Å². The molecule has 2 aliphatic carbocycles. The summed E-state index contributed by atoms with van der Waals surface area (Å²) in [5.41, 5.74) is 2.10. The molecule has 1 aromatic heterocycles. The molecule has 2 aliphatic rings. The number of anilines is 1. The van der Waals surface area contributed by atoms with E-state index in [4.69, 9.17) is 0 Å². The molecule has 0 radical (unpaired) electrons. The van der Waals surface area contributed by atoms with Crippen molar-refractivity contribution in [3.05, 3.63) is 47.2 Å². The van der Waals surface area contributed by atoms with Crippen molar-refractivity contribution in [3.8, 4) is 0 Å². The Hall–Kier alpha value is -2.03. The van der Waals surface area contributed by atoms with Gasteiger partial charge in [0.15, 0.2) is 11.2 Å². The van der Waals surface area contributed by atoms with Crippen molar-refractivity contribution >= 4 is 31.1 Å². The molecule has 0 aliphatic heterocycles. The Morgan fingerprint density at radius 2 is 1.88 bits per heavy atom.